The molecule has 2 aromatic heterocycles. The second-order valence-corrected chi connectivity index (χ2v) is 11.1. The lowest BCUT2D eigenvalue weighted by Gasteiger charge is -2.26. The topological polar surface area (TPSA) is 333 Å². The van der Waals surface area contributed by atoms with Crippen LogP contribution in [0.2, 0.25) is 0 Å². The van der Waals surface area contributed by atoms with Crippen molar-refractivity contribution in [3.63, 3.8) is 0 Å². The molecule has 0 aliphatic carbocycles. The van der Waals surface area contributed by atoms with Crippen LogP contribution >= 0.6 is 0 Å². The van der Waals surface area contributed by atoms with Crippen LogP contribution in [0.15, 0.2) is 25.0 Å². The number of hydrogen-bond donors (Lipinski definition) is 12. The van der Waals surface area contributed by atoms with Gasteiger partial charge in [-0.1, -0.05) is 0 Å². The highest BCUT2D eigenvalue weighted by Gasteiger charge is 2.33. The molecule has 14 N–H and O–H groups in total. The van der Waals surface area contributed by atoms with Crippen molar-refractivity contribution in [1.82, 2.24) is 46.5 Å². The molecule has 0 saturated carbocycles. The number of nitrogens with one attached hydrogen (secondary N) is 7. The molecule has 2 heterocycles. The standard InChI is InChI=1S/C28H45N11O9/c1-14(35-27(46)22(30)15(2)41)23(42)39-21(11-40)26(45)38-20(8-17-10-32-13-34-17)25(44)37-19(7-16-9-31-12-33-16)24(43)36-18(28(47)48)5-3-4-6-29/h9-10,12-15,18-22,40-41H,3-8,11,29-30H2,1-2H3,(H,31,33)(H,32,34)(H,35,46)(H,36,43)(H,37,44)(H,38,45)(H,39,42)(H,47,48)/t14-,15+,18-,19-,20-,21-,22-/m0/s1. The van der Waals surface area contributed by atoms with Crippen LogP contribution in [0, 0.1) is 0 Å². The van der Waals surface area contributed by atoms with Gasteiger partial charge in [-0.3, -0.25) is 24.0 Å². The summed E-state index contributed by atoms with van der Waals surface area (Å²) in [4.78, 5) is 90.2. The van der Waals surface area contributed by atoms with E-state index in [1.807, 2.05) is 0 Å². The van der Waals surface area contributed by atoms with Crippen LogP contribution in [0.1, 0.15) is 44.5 Å². The third kappa shape index (κ3) is 12.7. The summed E-state index contributed by atoms with van der Waals surface area (Å²) >= 11 is 0. The van der Waals surface area contributed by atoms with Crippen LogP contribution in [0.5, 0.6) is 0 Å². The van der Waals surface area contributed by atoms with E-state index in [1.54, 1.807) is 0 Å². The molecule has 0 unspecified atom stereocenters. The molecule has 0 saturated heterocycles. The van der Waals surface area contributed by atoms with E-state index < -0.39 is 84.5 Å². The van der Waals surface area contributed by atoms with Crippen molar-refractivity contribution in [2.75, 3.05) is 13.2 Å². The fourth-order valence-corrected chi connectivity index (χ4v) is 4.30. The van der Waals surface area contributed by atoms with Crippen LogP contribution in [0.25, 0.3) is 0 Å². The first-order chi connectivity index (χ1) is 22.8. The van der Waals surface area contributed by atoms with E-state index in [4.69, 9.17) is 11.5 Å². The third-order valence-electron chi connectivity index (χ3n) is 7.18. The zero-order valence-electron chi connectivity index (χ0n) is 26.6. The number of carboxylic acids is 1. The lowest BCUT2D eigenvalue weighted by atomic mass is 10.1. The monoisotopic (exact) mass is 679 g/mol. The average Bonchev–Trinajstić information content (AvgIpc) is 3.76. The molecule has 20 nitrogen and oxygen atoms in total. The second kappa shape index (κ2) is 19.7. The summed E-state index contributed by atoms with van der Waals surface area (Å²) in [5.74, 6) is -5.62. The molecule has 0 radical (unpaired) electrons. The van der Waals surface area contributed by atoms with E-state index in [-0.39, 0.29) is 19.3 Å². The second-order valence-electron chi connectivity index (χ2n) is 11.1. The molecule has 5 amide bonds. The number of unbranched alkanes of at least 4 members (excludes halogenated alkanes) is 1. The van der Waals surface area contributed by atoms with Crippen molar-refractivity contribution in [3.05, 3.63) is 36.4 Å². The summed E-state index contributed by atoms with van der Waals surface area (Å²) in [6.45, 7) is 2.04. The summed E-state index contributed by atoms with van der Waals surface area (Å²) < 4.78 is 0. The molecule has 2 rings (SSSR count). The average molecular weight is 680 g/mol. The quantitative estimate of drug-likeness (QED) is 0.0552. The number of imidazole rings is 2. The molecule has 0 aliphatic rings. The minimum Gasteiger partial charge on any atom is -0.480 e. The van der Waals surface area contributed by atoms with E-state index in [9.17, 15) is 44.1 Å². The van der Waals surface area contributed by atoms with Crippen LogP contribution in [0.3, 0.4) is 0 Å². The number of carbonyl (C=O) groups excluding carboxylic acids is 5. The minimum atomic E-state index is -1.58. The molecule has 0 fully saturated rings. The zero-order chi connectivity index (χ0) is 35.8. The van der Waals surface area contributed by atoms with Gasteiger partial charge in [0.15, 0.2) is 0 Å². The van der Waals surface area contributed by atoms with E-state index in [0.29, 0.717) is 30.8 Å². The van der Waals surface area contributed by atoms with Crippen molar-refractivity contribution in [2.45, 2.75) is 88.3 Å². The SMILES string of the molecule is C[C@H](NC(=O)[C@@H](N)[C@@H](C)O)C(=O)N[C@@H](CO)C(=O)N[C@@H](Cc1cnc[nH]1)C(=O)N[C@@H](Cc1cnc[nH]1)C(=O)N[C@@H](CCCCN)C(=O)O. The van der Waals surface area contributed by atoms with Gasteiger partial charge in [-0.2, -0.15) is 0 Å². The normalized spacial score (nSPS) is 15.5. The molecule has 266 valence electrons. The van der Waals surface area contributed by atoms with Gasteiger partial charge in [0.2, 0.25) is 29.5 Å². The van der Waals surface area contributed by atoms with Crippen LogP contribution in [-0.2, 0) is 41.6 Å². The number of aromatic amines is 2. The zero-order valence-corrected chi connectivity index (χ0v) is 26.6. The first-order valence-electron chi connectivity index (χ1n) is 15.2. The lowest BCUT2D eigenvalue weighted by Crippen LogP contribution is -2.60. The van der Waals surface area contributed by atoms with Crippen molar-refractivity contribution in [3.8, 4) is 0 Å². The fraction of sp³-hybridized carbons (Fsp3) is 0.571. The largest absolute Gasteiger partial charge is 0.480 e. The first-order valence-corrected chi connectivity index (χ1v) is 15.2. The highest BCUT2D eigenvalue weighted by Crippen LogP contribution is 2.07. The third-order valence-corrected chi connectivity index (χ3v) is 7.18. The number of carboxylic acid groups (broad SMARTS) is 1. The van der Waals surface area contributed by atoms with Gasteiger partial charge in [-0.25, -0.2) is 14.8 Å². The van der Waals surface area contributed by atoms with Gasteiger partial charge in [-0.15, -0.1) is 0 Å². The smallest absolute Gasteiger partial charge is 0.326 e. The number of hydrogen-bond acceptors (Lipinski definition) is 12. The summed E-state index contributed by atoms with van der Waals surface area (Å²) in [7, 11) is 0. The molecule has 0 aliphatic heterocycles. The number of aliphatic hydroxyl groups is 2. The maximum absolute atomic E-state index is 13.6. The van der Waals surface area contributed by atoms with Gasteiger partial charge in [0.1, 0.15) is 36.3 Å². The molecule has 7 atom stereocenters. The van der Waals surface area contributed by atoms with Gasteiger partial charge in [0.05, 0.1) is 25.4 Å². The summed E-state index contributed by atoms with van der Waals surface area (Å²) in [6, 6.07) is -8.07. The number of carbonyl (C=O) groups is 6. The van der Waals surface area contributed by atoms with Crippen molar-refractivity contribution in [2.24, 2.45) is 11.5 Å². The predicted octanol–water partition coefficient (Wildman–Crippen LogP) is -4.72. The van der Waals surface area contributed by atoms with Crippen LogP contribution in [-0.4, -0.2) is 126 Å². The molecular weight excluding hydrogens is 634 g/mol. The lowest BCUT2D eigenvalue weighted by molar-refractivity contribution is -0.142. The van der Waals surface area contributed by atoms with E-state index >= 15 is 0 Å². The highest BCUT2D eigenvalue weighted by atomic mass is 16.4. The number of aliphatic hydroxyl groups excluding tert-OH is 2. The Kier molecular flexibility index (Phi) is 16.1. The van der Waals surface area contributed by atoms with Crippen LogP contribution < -0.4 is 38.1 Å². The van der Waals surface area contributed by atoms with Gasteiger partial charge in [0.25, 0.3) is 0 Å². The van der Waals surface area contributed by atoms with Gasteiger partial charge in [-0.05, 0) is 39.7 Å². The Bertz CT molecular complexity index is 1340. The number of amides is 5. The summed E-state index contributed by atoms with van der Waals surface area (Å²) in [5, 5.41) is 41.0. The number of rotatable bonds is 21. The Labute approximate surface area is 275 Å². The molecular formula is C28H45N11O9. The minimum absolute atomic E-state index is 0.103. The van der Waals surface area contributed by atoms with Crippen LogP contribution in [0.4, 0.5) is 0 Å². The number of aromatic nitrogens is 4. The molecule has 0 spiro atoms. The van der Waals surface area contributed by atoms with E-state index in [1.165, 1.54) is 38.9 Å². The van der Waals surface area contributed by atoms with Crippen molar-refractivity contribution in [1.29, 1.82) is 0 Å². The Hall–Kier alpha value is -4.92. The molecule has 0 bridgehead atoms. The van der Waals surface area contributed by atoms with E-state index in [0.717, 1.165) is 0 Å². The number of H-pyrrole nitrogens is 2. The maximum atomic E-state index is 13.6. The first kappa shape index (κ1) is 39.3. The summed E-state index contributed by atoms with van der Waals surface area (Å²) in [6.07, 6.45) is 5.12. The van der Waals surface area contributed by atoms with Gasteiger partial charge < -0.3 is 63.3 Å². The number of nitrogens with zero attached hydrogens (tertiary/aromatic N) is 2. The molecule has 20 heteroatoms. The van der Waals surface area contributed by atoms with Gasteiger partial charge >= 0.3 is 5.97 Å². The van der Waals surface area contributed by atoms with E-state index in [2.05, 4.69) is 46.5 Å². The molecule has 48 heavy (non-hydrogen) atoms. The fourth-order valence-electron chi connectivity index (χ4n) is 4.30. The predicted molar refractivity (Wildman–Crippen MR) is 167 cm³/mol. The number of nitrogens with two attached hydrogens (primary N) is 2. The maximum Gasteiger partial charge on any atom is 0.326 e. The molecule has 0 aromatic carbocycles. The Morgan fingerprint density at radius 1 is 0.750 bits per heavy atom. The highest BCUT2D eigenvalue weighted by molar-refractivity contribution is 5.96. The number of aliphatic carboxylic acids is 1. The summed E-state index contributed by atoms with van der Waals surface area (Å²) in [5.41, 5.74) is 11.9. The molecule has 2 aromatic rings. The van der Waals surface area contributed by atoms with Crippen molar-refractivity contribution >= 4 is 35.5 Å². The Balaban J connectivity index is 2.22. The Morgan fingerprint density at radius 3 is 1.65 bits per heavy atom. The van der Waals surface area contributed by atoms with Crippen molar-refractivity contribution < 1.29 is 44.1 Å². The Morgan fingerprint density at radius 2 is 1.23 bits per heavy atom. The van der Waals surface area contributed by atoms with Gasteiger partial charge in [0, 0.05) is 36.6 Å².